The van der Waals surface area contributed by atoms with Gasteiger partial charge in [0.05, 0.1) is 0 Å². The summed E-state index contributed by atoms with van der Waals surface area (Å²) in [5.74, 6) is -0.241. The normalized spacial score (nSPS) is 12.5. The molecule has 1 aromatic rings. The quantitative estimate of drug-likeness (QED) is 0.784. The van der Waals surface area contributed by atoms with Crippen molar-refractivity contribution in [1.82, 2.24) is 10.2 Å². The van der Waals surface area contributed by atoms with Gasteiger partial charge in [-0.2, -0.15) is 0 Å². The van der Waals surface area contributed by atoms with Crippen molar-refractivity contribution in [3.63, 3.8) is 0 Å². The molecule has 96 valence electrons. The van der Waals surface area contributed by atoms with Gasteiger partial charge in [-0.1, -0.05) is 32.1 Å². The van der Waals surface area contributed by atoms with Crippen LogP contribution in [0.25, 0.3) is 0 Å². The van der Waals surface area contributed by atoms with Gasteiger partial charge < -0.3 is 5.32 Å². The lowest BCUT2D eigenvalue weighted by Gasteiger charge is -2.16. The highest BCUT2D eigenvalue weighted by molar-refractivity contribution is 7.91. The Balaban J connectivity index is 2.71. The molecule has 0 unspecified atom stereocenters. The third-order valence-corrected chi connectivity index (χ3v) is 3.74. The molecule has 0 saturated heterocycles. The zero-order valence-electron chi connectivity index (χ0n) is 9.72. The lowest BCUT2D eigenvalue weighted by atomic mass is 9.92. The van der Waals surface area contributed by atoms with Crippen molar-refractivity contribution in [3.05, 3.63) is 0 Å². The number of rotatable bonds is 3. The van der Waals surface area contributed by atoms with E-state index >= 15 is 0 Å². The number of hydrogen-bond acceptors (Lipinski definition) is 6. The Kier molecular flexibility index (Phi) is 3.84. The van der Waals surface area contributed by atoms with Crippen LogP contribution in [-0.2, 0) is 14.8 Å². The molecule has 3 N–H and O–H groups in total. The molecule has 0 spiro atoms. The second-order valence-electron chi connectivity index (χ2n) is 4.70. The highest BCUT2D eigenvalue weighted by Gasteiger charge is 2.19. The molecule has 17 heavy (non-hydrogen) atoms. The smallest absolute Gasteiger partial charge is 0.267 e. The van der Waals surface area contributed by atoms with Crippen molar-refractivity contribution >= 4 is 32.4 Å². The Morgan fingerprint density at radius 3 is 2.41 bits per heavy atom. The van der Waals surface area contributed by atoms with Gasteiger partial charge in [0.15, 0.2) is 0 Å². The second kappa shape index (κ2) is 4.67. The minimum absolute atomic E-state index is 0.128. The largest absolute Gasteiger partial charge is 0.300 e. The molecule has 1 heterocycles. The van der Waals surface area contributed by atoms with Crippen molar-refractivity contribution in [3.8, 4) is 0 Å². The van der Waals surface area contributed by atoms with E-state index in [4.69, 9.17) is 5.14 Å². The van der Waals surface area contributed by atoms with E-state index < -0.39 is 10.0 Å². The van der Waals surface area contributed by atoms with Crippen LogP contribution >= 0.6 is 11.3 Å². The molecule has 1 rings (SSSR count). The van der Waals surface area contributed by atoms with Gasteiger partial charge >= 0.3 is 0 Å². The predicted molar refractivity (Wildman–Crippen MR) is 64.0 cm³/mol. The first-order valence-electron chi connectivity index (χ1n) is 4.74. The highest BCUT2D eigenvalue weighted by Crippen LogP contribution is 2.22. The number of carbonyl (C=O) groups is 1. The van der Waals surface area contributed by atoms with E-state index in [1.807, 2.05) is 20.8 Å². The van der Waals surface area contributed by atoms with E-state index in [1.165, 1.54) is 0 Å². The fourth-order valence-corrected chi connectivity index (χ4v) is 2.37. The SMILES string of the molecule is CC(C)(C)CC(=O)Nc1nnc(S(N)(=O)=O)s1. The van der Waals surface area contributed by atoms with Crippen molar-refractivity contribution in [2.75, 3.05) is 5.32 Å². The standard InChI is InChI=1S/C8H14N4O3S2/c1-8(2,3)4-5(13)10-6-11-12-7(16-6)17(9,14)15/h4H2,1-3H3,(H2,9,14,15)(H,10,11,13). The van der Waals surface area contributed by atoms with Crippen LogP contribution in [-0.4, -0.2) is 24.5 Å². The maximum Gasteiger partial charge on any atom is 0.267 e. The molecule has 9 heteroatoms. The number of amides is 1. The van der Waals surface area contributed by atoms with Gasteiger partial charge in [0, 0.05) is 6.42 Å². The number of nitrogens with zero attached hydrogens (tertiary/aromatic N) is 2. The predicted octanol–water partition coefficient (Wildman–Crippen LogP) is 0.560. The molecule has 0 aliphatic carbocycles. The molecular formula is C8H14N4O3S2. The molecule has 0 aliphatic rings. The molecule has 1 amide bonds. The van der Waals surface area contributed by atoms with Gasteiger partial charge in [0.25, 0.3) is 10.0 Å². The number of primary sulfonamides is 1. The maximum absolute atomic E-state index is 11.5. The zero-order chi connectivity index (χ0) is 13.3. The van der Waals surface area contributed by atoms with Crippen molar-refractivity contribution in [2.45, 2.75) is 31.5 Å². The molecule has 7 nitrogen and oxygen atoms in total. The minimum Gasteiger partial charge on any atom is -0.300 e. The number of hydrogen-bond donors (Lipinski definition) is 2. The summed E-state index contributed by atoms with van der Waals surface area (Å²) in [7, 11) is -3.86. The molecule has 0 aliphatic heterocycles. The molecule has 0 saturated carbocycles. The maximum atomic E-state index is 11.5. The van der Waals surface area contributed by atoms with Crippen molar-refractivity contribution in [2.24, 2.45) is 10.6 Å². The third kappa shape index (κ3) is 4.75. The first-order valence-corrected chi connectivity index (χ1v) is 7.10. The Hall–Kier alpha value is -1.06. The summed E-state index contributed by atoms with van der Waals surface area (Å²) in [6.45, 7) is 5.76. The van der Waals surface area contributed by atoms with Gasteiger partial charge in [-0.25, -0.2) is 13.6 Å². The number of nitrogens with two attached hydrogens (primary N) is 1. The van der Waals surface area contributed by atoms with Crippen LogP contribution in [0.4, 0.5) is 5.13 Å². The van der Waals surface area contributed by atoms with E-state index in [2.05, 4.69) is 15.5 Å². The van der Waals surface area contributed by atoms with Gasteiger partial charge in [-0.05, 0) is 5.41 Å². The summed E-state index contributed by atoms with van der Waals surface area (Å²) in [5, 5.41) is 14.4. The number of carbonyl (C=O) groups excluding carboxylic acids is 1. The van der Waals surface area contributed by atoms with Crippen LogP contribution in [0.5, 0.6) is 0 Å². The lowest BCUT2D eigenvalue weighted by molar-refractivity contribution is -0.117. The Morgan fingerprint density at radius 1 is 1.41 bits per heavy atom. The summed E-state index contributed by atoms with van der Waals surface area (Å²) in [6.07, 6.45) is 0.303. The molecule has 0 bridgehead atoms. The fourth-order valence-electron chi connectivity index (χ4n) is 1.02. The first kappa shape index (κ1) is 14.0. The summed E-state index contributed by atoms with van der Waals surface area (Å²) < 4.78 is 21.6. The highest BCUT2D eigenvalue weighted by atomic mass is 32.2. The second-order valence-corrected chi connectivity index (χ2v) is 7.42. The fraction of sp³-hybridized carbons (Fsp3) is 0.625. The average molecular weight is 278 g/mol. The van der Waals surface area contributed by atoms with E-state index in [0.717, 1.165) is 11.3 Å². The Labute approximate surface area is 103 Å². The molecule has 0 radical (unpaired) electrons. The summed E-state index contributed by atoms with van der Waals surface area (Å²) in [6, 6.07) is 0. The average Bonchev–Trinajstić information content (AvgIpc) is 2.47. The lowest BCUT2D eigenvalue weighted by Crippen LogP contribution is -2.19. The number of sulfonamides is 1. The Bertz CT molecular complexity index is 515. The van der Waals surface area contributed by atoms with Crippen LogP contribution in [0, 0.1) is 5.41 Å². The van der Waals surface area contributed by atoms with E-state index in [-0.39, 0.29) is 20.8 Å². The zero-order valence-corrected chi connectivity index (χ0v) is 11.4. The van der Waals surface area contributed by atoms with Gasteiger partial charge in [-0.3, -0.25) is 4.79 Å². The van der Waals surface area contributed by atoms with E-state index in [9.17, 15) is 13.2 Å². The summed E-state index contributed by atoms with van der Waals surface area (Å²) in [4.78, 5) is 11.5. The van der Waals surface area contributed by atoms with Gasteiger partial charge in [0.1, 0.15) is 0 Å². The number of nitrogens with one attached hydrogen (secondary N) is 1. The monoisotopic (exact) mass is 278 g/mol. The molecule has 1 aromatic heterocycles. The molecule has 0 fully saturated rings. The van der Waals surface area contributed by atoms with Crippen LogP contribution < -0.4 is 10.5 Å². The van der Waals surface area contributed by atoms with Crippen LogP contribution in [0.3, 0.4) is 0 Å². The summed E-state index contributed by atoms with van der Waals surface area (Å²) >= 11 is 0.727. The minimum atomic E-state index is -3.86. The van der Waals surface area contributed by atoms with Gasteiger partial charge in [-0.15, -0.1) is 10.2 Å². The first-order chi connectivity index (χ1) is 7.58. The topological polar surface area (TPSA) is 115 Å². The molecular weight excluding hydrogens is 264 g/mol. The van der Waals surface area contributed by atoms with Crippen molar-refractivity contribution < 1.29 is 13.2 Å². The van der Waals surface area contributed by atoms with Crippen LogP contribution in [0.2, 0.25) is 0 Å². The van der Waals surface area contributed by atoms with E-state index in [0.29, 0.717) is 6.42 Å². The van der Waals surface area contributed by atoms with Gasteiger partial charge in [0.2, 0.25) is 15.4 Å². The van der Waals surface area contributed by atoms with E-state index in [1.54, 1.807) is 0 Å². The third-order valence-electron chi connectivity index (χ3n) is 1.59. The summed E-state index contributed by atoms with van der Waals surface area (Å²) in [5.41, 5.74) is -0.155. The van der Waals surface area contributed by atoms with Crippen molar-refractivity contribution in [1.29, 1.82) is 0 Å². The number of anilines is 1. The molecule has 0 aromatic carbocycles. The molecule has 0 atom stereocenters. The van der Waals surface area contributed by atoms with Crippen LogP contribution in [0.15, 0.2) is 4.34 Å². The Morgan fingerprint density at radius 2 is 2.00 bits per heavy atom. The van der Waals surface area contributed by atoms with Crippen LogP contribution in [0.1, 0.15) is 27.2 Å². The number of aromatic nitrogens is 2.